The summed E-state index contributed by atoms with van der Waals surface area (Å²) in [4.78, 5) is 10.8. The van der Waals surface area contributed by atoms with E-state index >= 15 is 0 Å². The van der Waals surface area contributed by atoms with Crippen molar-refractivity contribution in [1.82, 2.24) is 0 Å². The van der Waals surface area contributed by atoms with Crippen molar-refractivity contribution in [3.05, 3.63) is 0 Å². The molecule has 1 aliphatic rings. The minimum absolute atomic E-state index is 0.0515. The number of carbonyl (C=O) groups is 1. The average Bonchev–Trinajstić information content (AvgIpc) is 2.28. The minimum Gasteiger partial charge on any atom is -0.461 e. The molecule has 3 heteroatoms. The van der Waals surface area contributed by atoms with Crippen LogP contribution in [0.5, 0.6) is 0 Å². The standard InChI is InChI=1S/C8H13BrO2/c1-2-3-4-6-5-7(9)8(10)11-6/h6-7H,2-5H2,1H3. The normalized spacial score (nSPS) is 30.5. The van der Waals surface area contributed by atoms with Crippen LogP contribution >= 0.6 is 15.9 Å². The number of cyclic esters (lactones) is 1. The Labute approximate surface area is 75.4 Å². The van der Waals surface area contributed by atoms with E-state index in [1.807, 2.05) is 0 Å². The van der Waals surface area contributed by atoms with Crippen molar-refractivity contribution in [2.45, 2.75) is 43.5 Å². The van der Waals surface area contributed by atoms with Gasteiger partial charge >= 0.3 is 5.97 Å². The van der Waals surface area contributed by atoms with Gasteiger partial charge < -0.3 is 4.74 Å². The van der Waals surface area contributed by atoms with Gasteiger partial charge in [-0.2, -0.15) is 0 Å². The number of rotatable bonds is 3. The number of unbranched alkanes of at least 4 members (excludes halogenated alkanes) is 1. The minimum atomic E-state index is -0.0916. The van der Waals surface area contributed by atoms with E-state index in [0.29, 0.717) is 0 Å². The van der Waals surface area contributed by atoms with Crippen molar-refractivity contribution in [1.29, 1.82) is 0 Å². The Morgan fingerprint density at radius 3 is 2.91 bits per heavy atom. The van der Waals surface area contributed by atoms with Crippen molar-refractivity contribution in [3.8, 4) is 0 Å². The van der Waals surface area contributed by atoms with E-state index in [1.54, 1.807) is 0 Å². The Hall–Kier alpha value is -0.0500. The molecule has 11 heavy (non-hydrogen) atoms. The second-order valence-corrected chi connectivity index (χ2v) is 4.01. The first-order valence-electron chi connectivity index (χ1n) is 4.08. The molecular weight excluding hydrogens is 208 g/mol. The van der Waals surface area contributed by atoms with Crippen LogP contribution in [0.3, 0.4) is 0 Å². The molecule has 0 aliphatic carbocycles. The molecule has 1 rings (SSSR count). The number of carbonyl (C=O) groups excluding carboxylic acids is 1. The van der Waals surface area contributed by atoms with Gasteiger partial charge in [-0.25, -0.2) is 0 Å². The average molecular weight is 221 g/mol. The van der Waals surface area contributed by atoms with Crippen molar-refractivity contribution in [3.63, 3.8) is 0 Å². The molecule has 0 aromatic rings. The maximum atomic E-state index is 10.9. The summed E-state index contributed by atoms with van der Waals surface area (Å²) in [5.41, 5.74) is 0. The molecule has 64 valence electrons. The highest BCUT2D eigenvalue weighted by atomic mass is 79.9. The van der Waals surface area contributed by atoms with E-state index in [-0.39, 0.29) is 16.9 Å². The molecule has 2 unspecified atom stereocenters. The summed E-state index contributed by atoms with van der Waals surface area (Å²) < 4.78 is 5.09. The van der Waals surface area contributed by atoms with Crippen LogP contribution in [0.15, 0.2) is 0 Å². The highest BCUT2D eigenvalue weighted by Crippen LogP contribution is 2.24. The summed E-state index contributed by atoms with van der Waals surface area (Å²) in [6.45, 7) is 2.14. The summed E-state index contributed by atoms with van der Waals surface area (Å²) in [7, 11) is 0. The van der Waals surface area contributed by atoms with Crippen LogP contribution in [-0.4, -0.2) is 16.9 Å². The molecule has 0 N–H and O–H groups in total. The van der Waals surface area contributed by atoms with Crippen LogP contribution in [-0.2, 0) is 9.53 Å². The number of ether oxygens (including phenoxy) is 1. The van der Waals surface area contributed by atoms with Crippen LogP contribution in [0.4, 0.5) is 0 Å². The van der Waals surface area contributed by atoms with Crippen LogP contribution in [0.2, 0.25) is 0 Å². The zero-order valence-electron chi connectivity index (χ0n) is 6.68. The second-order valence-electron chi connectivity index (χ2n) is 2.90. The summed E-state index contributed by atoms with van der Waals surface area (Å²) in [5.74, 6) is -0.0916. The maximum Gasteiger partial charge on any atom is 0.320 e. The Balaban J connectivity index is 2.24. The highest BCUT2D eigenvalue weighted by molar-refractivity contribution is 9.10. The first kappa shape index (κ1) is 9.04. The van der Waals surface area contributed by atoms with Crippen molar-refractivity contribution >= 4 is 21.9 Å². The van der Waals surface area contributed by atoms with E-state index in [4.69, 9.17) is 4.74 Å². The summed E-state index contributed by atoms with van der Waals surface area (Å²) in [6, 6.07) is 0. The van der Waals surface area contributed by atoms with E-state index < -0.39 is 0 Å². The Morgan fingerprint density at radius 1 is 1.73 bits per heavy atom. The molecule has 0 radical (unpaired) electrons. The largest absolute Gasteiger partial charge is 0.461 e. The molecule has 2 nitrogen and oxygen atoms in total. The van der Waals surface area contributed by atoms with Crippen LogP contribution in [0.1, 0.15) is 32.6 Å². The zero-order valence-corrected chi connectivity index (χ0v) is 8.26. The van der Waals surface area contributed by atoms with Gasteiger partial charge in [0.2, 0.25) is 0 Å². The van der Waals surface area contributed by atoms with E-state index in [2.05, 4.69) is 22.9 Å². The molecule has 1 aliphatic heterocycles. The second kappa shape index (κ2) is 4.10. The molecule has 0 aromatic heterocycles. The fourth-order valence-corrected chi connectivity index (χ4v) is 1.75. The monoisotopic (exact) mass is 220 g/mol. The molecular formula is C8H13BrO2. The Morgan fingerprint density at radius 2 is 2.45 bits per heavy atom. The van der Waals surface area contributed by atoms with E-state index in [9.17, 15) is 4.79 Å². The fourth-order valence-electron chi connectivity index (χ4n) is 1.22. The van der Waals surface area contributed by atoms with Gasteiger partial charge in [-0.1, -0.05) is 35.7 Å². The highest BCUT2D eigenvalue weighted by Gasteiger charge is 2.31. The number of hydrogen-bond donors (Lipinski definition) is 0. The third-order valence-corrected chi connectivity index (χ3v) is 2.64. The third kappa shape index (κ3) is 2.47. The predicted octanol–water partition coefficient (Wildman–Crippen LogP) is 2.26. The first-order valence-corrected chi connectivity index (χ1v) is 5.00. The van der Waals surface area contributed by atoms with Gasteiger partial charge in [-0.3, -0.25) is 4.79 Å². The van der Waals surface area contributed by atoms with Gasteiger partial charge in [0.1, 0.15) is 10.9 Å². The number of hydrogen-bond acceptors (Lipinski definition) is 2. The van der Waals surface area contributed by atoms with Gasteiger partial charge in [0.25, 0.3) is 0 Å². The molecule has 2 atom stereocenters. The molecule has 1 saturated heterocycles. The number of halogens is 1. The molecule has 0 saturated carbocycles. The molecule has 0 spiro atoms. The zero-order chi connectivity index (χ0) is 8.27. The van der Waals surface area contributed by atoms with Crippen molar-refractivity contribution in [2.24, 2.45) is 0 Å². The SMILES string of the molecule is CCCCC1CC(Br)C(=O)O1. The summed E-state index contributed by atoms with van der Waals surface area (Å²) in [5, 5.41) is 0. The molecule has 1 fully saturated rings. The summed E-state index contributed by atoms with van der Waals surface area (Å²) in [6.07, 6.45) is 4.36. The quantitative estimate of drug-likeness (QED) is 0.539. The van der Waals surface area contributed by atoms with Crippen molar-refractivity contribution in [2.75, 3.05) is 0 Å². The van der Waals surface area contributed by atoms with E-state index in [1.165, 1.54) is 6.42 Å². The molecule has 0 aromatic carbocycles. The topological polar surface area (TPSA) is 26.3 Å². The Kier molecular flexibility index (Phi) is 3.37. The lowest BCUT2D eigenvalue weighted by Gasteiger charge is -2.05. The van der Waals surface area contributed by atoms with Gasteiger partial charge in [-0.15, -0.1) is 0 Å². The first-order chi connectivity index (χ1) is 5.24. The van der Waals surface area contributed by atoms with Crippen LogP contribution in [0.25, 0.3) is 0 Å². The predicted molar refractivity (Wildman–Crippen MR) is 46.7 cm³/mol. The smallest absolute Gasteiger partial charge is 0.320 e. The third-order valence-electron chi connectivity index (χ3n) is 1.89. The Bertz CT molecular complexity index is 147. The van der Waals surface area contributed by atoms with Gasteiger partial charge in [0.05, 0.1) is 0 Å². The lowest BCUT2D eigenvalue weighted by atomic mass is 10.1. The molecule has 0 bridgehead atoms. The number of alkyl halides is 1. The fraction of sp³-hybridized carbons (Fsp3) is 0.875. The lowest BCUT2D eigenvalue weighted by Crippen LogP contribution is -2.06. The summed E-state index contributed by atoms with van der Waals surface area (Å²) >= 11 is 3.26. The van der Waals surface area contributed by atoms with Crippen LogP contribution < -0.4 is 0 Å². The lowest BCUT2D eigenvalue weighted by molar-refractivity contribution is -0.141. The molecule has 0 amide bonds. The van der Waals surface area contributed by atoms with Crippen LogP contribution in [0, 0.1) is 0 Å². The van der Waals surface area contributed by atoms with Gasteiger partial charge in [-0.05, 0) is 6.42 Å². The molecule has 1 heterocycles. The number of esters is 1. The van der Waals surface area contributed by atoms with Crippen molar-refractivity contribution < 1.29 is 9.53 Å². The van der Waals surface area contributed by atoms with Gasteiger partial charge in [0, 0.05) is 6.42 Å². The van der Waals surface area contributed by atoms with E-state index in [0.717, 1.165) is 19.3 Å². The van der Waals surface area contributed by atoms with Gasteiger partial charge in [0.15, 0.2) is 0 Å². The maximum absolute atomic E-state index is 10.9.